The summed E-state index contributed by atoms with van der Waals surface area (Å²) in [5.74, 6) is 2.47. The van der Waals surface area contributed by atoms with Gasteiger partial charge in [0.1, 0.15) is 5.75 Å². The van der Waals surface area contributed by atoms with Crippen LogP contribution in [0.15, 0.2) is 36.7 Å². The monoisotopic (exact) mass is 384 g/mol. The average molecular weight is 385 g/mol. The van der Waals surface area contributed by atoms with Crippen molar-refractivity contribution in [1.29, 1.82) is 0 Å². The Hall–Kier alpha value is -1.85. The summed E-state index contributed by atoms with van der Waals surface area (Å²) in [6.45, 7) is 11.3. The molecule has 0 spiro atoms. The van der Waals surface area contributed by atoms with Crippen LogP contribution in [-0.4, -0.2) is 52.9 Å². The van der Waals surface area contributed by atoms with Crippen LogP contribution in [0.25, 0.3) is 0 Å². The van der Waals surface area contributed by atoms with E-state index in [0.717, 1.165) is 31.3 Å². The molecule has 1 aliphatic rings. The Labute approximate surface area is 170 Å². The molecule has 1 aromatic heterocycles. The smallest absolute Gasteiger partial charge is 0.123 e. The topological polar surface area (TPSA) is 33.5 Å². The molecule has 1 aromatic carbocycles. The fourth-order valence-electron chi connectivity index (χ4n) is 4.30. The molecule has 0 radical (unpaired) electrons. The molecular weight excluding hydrogens is 348 g/mol. The van der Waals surface area contributed by atoms with Crippen LogP contribution < -0.4 is 4.74 Å². The van der Waals surface area contributed by atoms with E-state index in [1.807, 2.05) is 24.0 Å². The van der Waals surface area contributed by atoms with Gasteiger partial charge in [0.25, 0.3) is 0 Å². The van der Waals surface area contributed by atoms with Crippen LogP contribution in [-0.2, 0) is 20.1 Å². The molecule has 1 fully saturated rings. The predicted octanol–water partition coefficient (Wildman–Crippen LogP) is 3.80. The molecule has 28 heavy (non-hydrogen) atoms. The van der Waals surface area contributed by atoms with Crippen molar-refractivity contribution in [1.82, 2.24) is 19.6 Å². The molecule has 154 valence electrons. The lowest BCUT2D eigenvalue weighted by Gasteiger charge is -2.35. The Balaban J connectivity index is 1.51. The van der Waals surface area contributed by atoms with E-state index in [4.69, 9.17) is 4.74 Å². The third-order valence-electron chi connectivity index (χ3n) is 5.60. The van der Waals surface area contributed by atoms with Crippen molar-refractivity contribution in [3.63, 3.8) is 0 Å². The maximum absolute atomic E-state index is 5.52. The van der Waals surface area contributed by atoms with E-state index in [1.165, 1.54) is 43.6 Å². The van der Waals surface area contributed by atoms with Gasteiger partial charge in [-0.3, -0.25) is 14.5 Å². The summed E-state index contributed by atoms with van der Waals surface area (Å²) >= 11 is 0. The lowest BCUT2D eigenvalue weighted by atomic mass is 9.95. The van der Waals surface area contributed by atoms with E-state index in [2.05, 4.69) is 53.1 Å². The minimum atomic E-state index is 0.683. The first-order valence-corrected chi connectivity index (χ1v) is 10.6. The van der Waals surface area contributed by atoms with Gasteiger partial charge >= 0.3 is 0 Å². The Morgan fingerprint density at radius 1 is 1.21 bits per heavy atom. The van der Waals surface area contributed by atoms with Crippen molar-refractivity contribution in [3.05, 3.63) is 47.8 Å². The van der Waals surface area contributed by atoms with Gasteiger partial charge in [0, 0.05) is 50.6 Å². The molecular formula is C23H36N4O. The highest BCUT2D eigenvalue weighted by atomic mass is 16.5. The second kappa shape index (κ2) is 10.1. The van der Waals surface area contributed by atoms with Crippen LogP contribution in [0.5, 0.6) is 5.75 Å². The number of aryl methyl sites for hydroxylation is 1. The van der Waals surface area contributed by atoms with Crippen molar-refractivity contribution < 1.29 is 4.74 Å². The summed E-state index contributed by atoms with van der Waals surface area (Å²) < 4.78 is 7.42. The molecule has 0 amide bonds. The number of piperidine rings is 1. The van der Waals surface area contributed by atoms with Gasteiger partial charge < -0.3 is 4.74 Å². The summed E-state index contributed by atoms with van der Waals surface area (Å²) in [5, 5.41) is 4.33. The highest BCUT2D eigenvalue weighted by molar-refractivity contribution is 5.33. The van der Waals surface area contributed by atoms with Gasteiger partial charge in [0.2, 0.25) is 0 Å². The number of hydrogen-bond acceptors (Lipinski definition) is 4. The minimum absolute atomic E-state index is 0.683. The quantitative estimate of drug-likeness (QED) is 0.658. The number of ether oxygens (including phenoxy) is 1. The molecule has 3 rings (SSSR count). The summed E-state index contributed by atoms with van der Waals surface area (Å²) in [5.41, 5.74) is 2.61. The highest BCUT2D eigenvalue weighted by Crippen LogP contribution is 2.24. The summed E-state index contributed by atoms with van der Waals surface area (Å²) in [6, 6.07) is 8.39. The second-order valence-electron chi connectivity index (χ2n) is 8.64. The van der Waals surface area contributed by atoms with Crippen molar-refractivity contribution >= 4 is 0 Å². The number of para-hydroxylation sites is 1. The van der Waals surface area contributed by atoms with Crippen LogP contribution in [0.1, 0.15) is 37.8 Å². The van der Waals surface area contributed by atoms with Gasteiger partial charge in [-0.2, -0.15) is 5.10 Å². The summed E-state index contributed by atoms with van der Waals surface area (Å²) in [7, 11) is 3.75. The van der Waals surface area contributed by atoms with Crippen molar-refractivity contribution in [2.45, 2.75) is 39.8 Å². The van der Waals surface area contributed by atoms with E-state index < -0.39 is 0 Å². The lowest BCUT2D eigenvalue weighted by molar-refractivity contribution is 0.128. The molecule has 0 atom stereocenters. The zero-order chi connectivity index (χ0) is 19.9. The maximum Gasteiger partial charge on any atom is 0.123 e. The van der Waals surface area contributed by atoms with Gasteiger partial charge in [0.05, 0.1) is 13.3 Å². The third-order valence-corrected chi connectivity index (χ3v) is 5.60. The lowest BCUT2D eigenvalue weighted by Crippen LogP contribution is -2.39. The third kappa shape index (κ3) is 6.08. The van der Waals surface area contributed by atoms with E-state index >= 15 is 0 Å². The van der Waals surface area contributed by atoms with Crippen LogP contribution >= 0.6 is 0 Å². The molecule has 0 unspecified atom stereocenters. The van der Waals surface area contributed by atoms with Crippen LogP contribution in [0.2, 0.25) is 0 Å². The molecule has 1 saturated heterocycles. The number of hydrogen-bond donors (Lipinski definition) is 0. The first-order valence-electron chi connectivity index (χ1n) is 10.6. The normalized spacial score (nSPS) is 16.2. The minimum Gasteiger partial charge on any atom is -0.496 e. The fourth-order valence-corrected chi connectivity index (χ4v) is 4.30. The number of likely N-dealkylation sites (tertiary alicyclic amines) is 1. The zero-order valence-electron chi connectivity index (χ0n) is 18.0. The Bertz CT molecular complexity index is 719. The van der Waals surface area contributed by atoms with Crippen molar-refractivity contribution in [2.24, 2.45) is 18.9 Å². The molecule has 0 saturated carbocycles. The number of nitrogens with zero attached hydrogens (tertiary/aromatic N) is 4. The zero-order valence-corrected chi connectivity index (χ0v) is 18.0. The van der Waals surface area contributed by atoms with E-state index in [0.29, 0.717) is 5.92 Å². The predicted molar refractivity (Wildman–Crippen MR) is 114 cm³/mol. The van der Waals surface area contributed by atoms with Gasteiger partial charge in [-0.25, -0.2) is 0 Å². The summed E-state index contributed by atoms with van der Waals surface area (Å²) in [6.07, 6.45) is 6.69. The van der Waals surface area contributed by atoms with Gasteiger partial charge in [0.15, 0.2) is 0 Å². The number of aromatic nitrogens is 2. The van der Waals surface area contributed by atoms with Crippen molar-refractivity contribution in [3.8, 4) is 5.75 Å². The first-order chi connectivity index (χ1) is 13.5. The Morgan fingerprint density at radius 2 is 1.96 bits per heavy atom. The van der Waals surface area contributed by atoms with E-state index in [1.54, 1.807) is 7.11 Å². The standard InChI is InChI=1S/C23H36N4O/c1-19(2)14-27(17-21-13-24-25(3)15-21)16-20-9-11-26(12-10-20)18-22-7-5-6-8-23(22)28-4/h5-8,13,15,19-20H,9-12,14,16-18H2,1-4H3. The number of benzene rings is 1. The molecule has 0 N–H and O–H groups in total. The first kappa shape index (κ1) is 20.9. The Morgan fingerprint density at radius 3 is 2.61 bits per heavy atom. The molecule has 5 nitrogen and oxygen atoms in total. The van der Waals surface area contributed by atoms with Gasteiger partial charge in [-0.1, -0.05) is 32.0 Å². The van der Waals surface area contributed by atoms with Crippen LogP contribution in [0.3, 0.4) is 0 Å². The fraction of sp³-hybridized carbons (Fsp3) is 0.609. The van der Waals surface area contributed by atoms with E-state index in [-0.39, 0.29) is 0 Å². The van der Waals surface area contributed by atoms with Gasteiger partial charge in [-0.15, -0.1) is 0 Å². The summed E-state index contributed by atoms with van der Waals surface area (Å²) in [4.78, 5) is 5.20. The molecule has 2 aromatic rings. The SMILES string of the molecule is COc1ccccc1CN1CCC(CN(Cc2cnn(C)c2)CC(C)C)CC1. The van der Waals surface area contributed by atoms with Crippen LogP contribution in [0, 0.1) is 11.8 Å². The average Bonchev–Trinajstić information content (AvgIpc) is 3.08. The molecule has 0 bridgehead atoms. The maximum atomic E-state index is 5.52. The molecule has 2 heterocycles. The largest absolute Gasteiger partial charge is 0.496 e. The van der Waals surface area contributed by atoms with Crippen molar-refractivity contribution in [2.75, 3.05) is 33.3 Å². The van der Waals surface area contributed by atoms with E-state index in [9.17, 15) is 0 Å². The highest BCUT2D eigenvalue weighted by Gasteiger charge is 2.23. The Kier molecular flexibility index (Phi) is 7.51. The molecule has 1 aliphatic heterocycles. The van der Waals surface area contributed by atoms with Crippen LogP contribution in [0.4, 0.5) is 0 Å². The number of methoxy groups -OCH3 is 1. The number of rotatable bonds is 9. The molecule has 5 heteroatoms. The molecule has 0 aliphatic carbocycles. The van der Waals surface area contributed by atoms with Gasteiger partial charge in [-0.05, 0) is 43.8 Å². The second-order valence-corrected chi connectivity index (χ2v) is 8.64.